The van der Waals surface area contributed by atoms with Crippen molar-refractivity contribution in [1.29, 1.82) is 0 Å². The third-order valence-corrected chi connectivity index (χ3v) is 5.10. The molecule has 0 amide bonds. The fourth-order valence-electron chi connectivity index (χ4n) is 3.50. The van der Waals surface area contributed by atoms with Crippen molar-refractivity contribution in [2.75, 3.05) is 20.5 Å². The molecule has 0 bridgehead atoms. The lowest BCUT2D eigenvalue weighted by molar-refractivity contribution is -0.400. The van der Waals surface area contributed by atoms with Crippen molar-refractivity contribution in [2.45, 2.75) is 51.1 Å². The standard InChI is InChI=1S/C23H26F6O4/c1-4-5-17-13-18(21(22(24,25)26,23(27,28)29)32-14-31-3)7-9-20(17)33-19-8-6-16(10-11-30)15(2)12-19/h6-9,12-13,30H,4-5,10-11,14H2,1-3H3. The summed E-state index contributed by atoms with van der Waals surface area (Å²) in [5.74, 6) is 0.507. The lowest BCUT2D eigenvalue weighted by atomic mass is 9.89. The van der Waals surface area contributed by atoms with E-state index in [1.165, 1.54) is 0 Å². The first-order valence-corrected chi connectivity index (χ1v) is 10.2. The zero-order valence-electron chi connectivity index (χ0n) is 18.4. The first kappa shape index (κ1) is 26.9. The van der Waals surface area contributed by atoms with Crippen LogP contribution in [0.3, 0.4) is 0 Å². The number of hydrogen-bond acceptors (Lipinski definition) is 4. The van der Waals surface area contributed by atoms with Crippen LogP contribution < -0.4 is 4.74 Å². The van der Waals surface area contributed by atoms with E-state index in [2.05, 4.69) is 9.47 Å². The van der Waals surface area contributed by atoms with Gasteiger partial charge >= 0.3 is 12.4 Å². The molecule has 0 radical (unpaired) electrons. The summed E-state index contributed by atoms with van der Waals surface area (Å²) in [7, 11) is 0.935. The van der Waals surface area contributed by atoms with Crippen LogP contribution in [0.1, 0.15) is 35.6 Å². The van der Waals surface area contributed by atoms with E-state index in [0.717, 1.165) is 30.4 Å². The predicted molar refractivity (Wildman–Crippen MR) is 109 cm³/mol. The van der Waals surface area contributed by atoms with Gasteiger partial charge in [0.15, 0.2) is 0 Å². The van der Waals surface area contributed by atoms with Crippen molar-refractivity contribution >= 4 is 0 Å². The van der Waals surface area contributed by atoms with E-state index in [9.17, 15) is 26.3 Å². The minimum atomic E-state index is -5.80. The maximum Gasteiger partial charge on any atom is 0.430 e. The fourth-order valence-corrected chi connectivity index (χ4v) is 3.50. The molecule has 0 aliphatic rings. The smallest absolute Gasteiger partial charge is 0.430 e. The van der Waals surface area contributed by atoms with E-state index in [-0.39, 0.29) is 24.3 Å². The van der Waals surface area contributed by atoms with Crippen molar-refractivity contribution < 1.29 is 45.7 Å². The van der Waals surface area contributed by atoms with E-state index in [1.807, 2.05) is 6.92 Å². The van der Waals surface area contributed by atoms with Gasteiger partial charge in [-0.2, -0.15) is 26.3 Å². The summed E-state index contributed by atoms with van der Waals surface area (Å²) in [6, 6.07) is 7.66. The largest absolute Gasteiger partial charge is 0.457 e. The Morgan fingerprint density at radius 2 is 1.55 bits per heavy atom. The van der Waals surface area contributed by atoms with Gasteiger partial charge in [0.25, 0.3) is 5.60 Å². The van der Waals surface area contributed by atoms with Gasteiger partial charge < -0.3 is 19.3 Å². The summed E-state index contributed by atoms with van der Waals surface area (Å²) in [6.45, 7) is 2.31. The van der Waals surface area contributed by atoms with E-state index in [1.54, 1.807) is 25.1 Å². The summed E-state index contributed by atoms with van der Waals surface area (Å²) < 4.78 is 97.5. The Morgan fingerprint density at radius 1 is 0.879 bits per heavy atom. The molecule has 0 heterocycles. The van der Waals surface area contributed by atoms with Crippen LogP contribution in [-0.2, 0) is 27.9 Å². The van der Waals surface area contributed by atoms with Gasteiger partial charge in [-0.3, -0.25) is 0 Å². The molecule has 4 nitrogen and oxygen atoms in total. The number of halogens is 6. The van der Waals surface area contributed by atoms with Crippen LogP contribution in [-0.4, -0.2) is 38.0 Å². The monoisotopic (exact) mass is 480 g/mol. The summed E-state index contributed by atoms with van der Waals surface area (Å²) in [6.07, 6.45) is -10.5. The summed E-state index contributed by atoms with van der Waals surface area (Å²) in [5, 5.41) is 9.09. The lowest BCUT2D eigenvalue weighted by Gasteiger charge is -2.37. The minimum absolute atomic E-state index is 0.0333. The van der Waals surface area contributed by atoms with Gasteiger partial charge in [-0.25, -0.2) is 0 Å². The number of benzene rings is 2. The summed E-state index contributed by atoms with van der Waals surface area (Å²) in [4.78, 5) is 0. The molecule has 33 heavy (non-hydrogen) atoms. The SMILES string of the molecule is CCCc1cc(C(OCOC)(C(F)(F)F)C(F)(F)F)ccc1Oc1ccc(CCO)c(C)c1. The van der Waals surface area contributed by atoms with Crippen molar-refractivity contribution in [3.05, 3.63) is 58.7 Å². The van der Waals surface area contributed by atoms with Gasteiger partial charge in [0, 0.05) is 19.3 Å². The highest BCUT2D eigenvalue weighted by Gasteiger charge is 2.73. The van der Waals surface area contributed by atoms with Crippen LogP contribution in [0.4, 0.5) is 26.3 Å². The number of aliphatic hydroxyl groups excluding tert-OH is 1. The lowest BCUT2D eigenvalue weighted by Crippen LogP contribution is -2.56. The van der Waals surface area contributed by atoms with Crippen LogP contribution in [0.15, 0.2) is 36.4 Å². The normalized spacial score (nSPS) is 12.8. The third-order valence-electron chi connectivity index (χ3n) is 5.10. The second kappa shape index (κ2) is 10.8. The van der Waals surface area contributed by atoms with Crippen molar-refractivity contribution in [3.8, 4) is 11.5 Å². The van der Waals surface area contributed by atoms with E-state index in [4.69, 9.17) is 9.84 Å². The topological polar surface area (TPSA) is 47.9 Å². The molecule has 0 aromatic heterocycles. The molecule has 2 aromatic rings. The van der Waals surface area contributed by atoms with Gasteiger partial charge in [-0.1, -0.05) is 25.5 Å². The molecule has 0 saturated heterocycles. The van der Waals surface area contributed by atoms with Gasteiger partial charge in [0.05, 0.1) is 0 Å². The minimum Gasteiger partial charge on any atom is -0.457 e. The molecule has 2 aromatic carbocycles. The molecule has 0 fully saturated rings. The molecule has 0 atom stereocenters. The van der Waals surface area contributed by atoms with Crippen LogP contribution in [0, 0.1) is 6.92 Å². The fraction of sp³-hybridized carbons (Fsp3) is 0.478. The molecule has 0 spiro atoms. The number of hydrogen-bond donors (Lipinski definition) is 1. The number of aliphatic hydroxyl groups is 1. The Bertz CT molecular complexity index is 910. The number of aryl methyl sites for hydroxylation is 2. The molecule has 2 rings (SSSR count). The van der Waals surface area contributed by atoms with Crippen LogP contribution in [0.5, 0.6) is 11.5 Å². The molecule has 0 aliphatic heterocycles. The number of ether oxygens (including phenoxy) is 3. The maximum atomic E-state index is 13.8. The Hall–Kier alpha value is -2.30. The molecule has 0 aliphatic carbocycles. The van der Waals surface area contributed by atoms with Crippen LogP contribution in [0.25, 0.3) is 0 Å². The molecule has 184 valence electrons. The first-order valence-electron chi connectivity index (χ1n) is 10.2. The van der Waals surface area contributed by atoms with Crippen molar-refractivity contribution in [1.82, 2.24) is 0 Å². The van der Waals surface area contributed by atoms with E-state index < -0.39 is 30.3 Å². The third kappa shape index (κ3) is 5.80. The van der Waals surface area contributed by atoms with Crippen molar-refractivity contribution in [3.63, 3.8) is 0 Å². The van der Waals surface area contributed by atoms with Crippen molar-refractivity contribution in [2.24, 2.45) is 0 Å². The van der Waals surface area contributed by atoms with Crippen LogP contribution >= 0.6 is 0 Å². The number of rotatable bonds is 10. The molecule has 1 N–H and O–H groups in total. The predicted octanol–water partition coefficient (Wildman–Crippen LogP) is 6.22. The zero-order chi connectivity index (χ0) is 24.9. The molecule has 0 saturated carbocycles. The van der Waals surface area contributed by atoms with Crippen LogP contribution in [0.2, 0.25) is 0 Å². The van der Waals surface area contributed by atoms with Gasteiger partial charge in [-0.15, -0.1) is 0 Å². The Morgan fingerprint density at radius 3 is 2.06 bits per heavy atom. The quantitative estimate of drug-likeness (QED) is 0.324. The maximum absolute atomic E-state index is 13.8. The highest BCUT2D eigenvalue weighted by molar-refractivity contribution is 5.45. The average molecular weight is 480 g/mol. The van der Waals surface area contributed by atoms with Gasteiger partial charge in [0.2, 0.25) is 0 Å². The van der Waals surface area contributed by atoms with Gasteiger partial charge in [-0.05, 0) is 60.7 Å². The van der Waals surface area contributed by atoms with E-state index >= 15 is 0 Å². The number of methoxy groups -OCH3 is 1. The van der Waals surface area contributed by atoms with Gasteiger partial charge in [0.1, 0.15) is 18.3 Å². The highest BCUT2D eigenvalue weighted by atomic mass is 19.4. The summed E-state index contributed by atoms with van der Waals surface area (Å²) >= 11 is 0. The Labute approximate surface area is 188 Å². The van der Waals surface area contributed by atoms with E-state index in [0.29, 0.717) is 24.7 Å². The first-order chi connectivity index (χ1) is 15.4. The average Bonchev–Trinajstić information content (AvgIpc) is 2.70. The molecule has 0 unspecified atom stereocenters. The molecule has 10 heteroatoms. The Kier molecular flexibility index (Phi) is 8.78. The zero-order valence-corrected chi connectivity index (χ0v) is 18.4. The summed E-state index contributed by atoms with van der Waals surface area (Å²) in [5.41, 5.74) is -3.77. The molecular weight excluding hydrogens is 454 g/mol. The second-order valence-corrected chi connectivity index (χ2v) is 7.46. The highest BCUT2D eigenvalue weighted by Crippen LogP contribution is 2.53. The Balaban J connectivity index is 2.56. The molecular formula is C23H26F6O4. The number of alkyl halides is 6. The second-order valence-electron chi connectivity index (χ2n) is 7.46.